The van der Waals surface area contributed by atoms with E-state index >= 15 is 0 Å². The number of hydrogen-bond acceptors (Lipinski definition) is 1. The minimum absolute atomic E-state index is 0.257. The number of benzene rings is 1. The lowest BCUT2D eigenvalue weighted by Gasteiger charge is -2.09. The molecule has 0 saturated carbocycles. The normalized spacial score (nSPS) is 16.4. The first-order chi connectivity index (χ1) is 6.68. The summed E-state index contributed by atoms with van der Waals surface area (Å²) in [6, 6.07) is 6.78. The van der Waals surface area contributed by atoms with Crippen molar-refractivity contribution in [2.24, 2.45) is 5.73 Å². The molecule has 14 heavy (non-hydrogen) atoms. The van der Waals surface area contributed by atoms with Gasteiger partial charge in [0, 0.05) is 6.04 Å². The van der Waals surface area contributed by atoms with Crippen LogP contribution in [0.3, 0.4) is 0 Å². The Morgan fingerprint density at radius 1 is 1.43 bits per heavy atom. The Balaban J connectivity index is 2.32. The highest BCUT2D eigenvalue weighted by Gasteiger charge is 2.15. The van der Waals surface area contributed by atoms with E-state index in [1.54, 1.807) is 0 Å². The molecular weight excluding hydrogens is 170 g/mol. The van der Waals surface area contributed by atoms with Crippen LogP contribution in [0.4, 0.5) is 0 Å². The van der Waals surface area contributed by atoms with Crippen LogP contribution in [-0.4, -0.2) is 6.04 Å². The molecule has 0 aromatic heterocycles. The van der Waals surface area contributed by atoms with Crippen LogP contribution in [0.25, 0.3) is 5.57 Å². The van der Waals surface area contributed by atoms with E-state index in [-0.39, 0.29) is 6.04 Å². The van der Waals surface area contributed by atoms with Gasteiger partial charge in [0.2, 0.25) is 0 Å². The number of allylic oxidation sites excluding steroid dienone is 1. The molecule has 1 unspecified atom stereocenters. The number of nitrogens with two attached hydrogens (primary N) is 1. The molecule has 0 spiro atoms. The second-order valence-corrected chi connectivity index (χ2v) is 4.22. The third-order valence-corrected chi connectivity index (χ3v) is 2.85. The van der Waals surface area contributed by atoms with Gasteiger partial charge < -0.3 is 5.73 Å². The van der Waals surface area contributed by atoms with Gasteiger partial charge >= 0.3 is 0 Å². The highest BCUT2D eigenvalue weighted by molar-refractivity contribution is 5.74. The van der Waals surface area contributed by atoms with E-state index < -0.39 is 0 Å². The Kier molecular flexibility index (Phi) is 2.42. The molecule has 2 N–H and O–H groups in total. The number of fused-ring (bicyclic) bond motifs is 1. The van der Waals surface area contributed by atoms with Gasteiger partial charge in [0.05, 0.1) is 0 Å². The van der Waals surface area contributed by atoms with E-state index in [1.165, 1.54) is 22.3 Å². The van der Waals surface area contributed by atoms with Gasteiger partial charge in [-0.15, -0.1) is 0 Å². The Morgan fingerprint density at radius 3 is 2.93 bits per heavy atom. The predicted molar refractivity (Wildman–Crippen MR) is 61.1 cm³/mol. The van der Waals surface area contributed by atoms with Gasteiger partial charge in [0.25, 0.3) is 0 Å². The summed E-state index contributed by atoms with van der Waals surface area (Å²) < 4.78 is 0. The van der Waals surface area contributed by atoms with E-state index in [4.69, 9.17) is 5.73 Å². The standard InChI is InChI=1S/C13H17N/c1-9-4-3-5-13-11(8-10(2)14)6-7-12(9)13/h3-6,10H,7-8,14H2,1-2H3. The molecule has 1 heteroatoms. The fourth-order valence-corrected chi connectivity index (χ4v) is 2.15. The summed E-state index contributed by atoms with van der Waals surface area (Å²) >= 11 is 0. The van der Waals surface area contributed by atoms with E-state index in [1.807, 2.05) is 0 Å². The predicted octanol–water partition coefficient (Wildman–Crippen LogP) is 2.67. The number of rotatable bonds is 2. The second kappa shape index (κ2) is 3.58. The fraction of sp³-hybridized carbons (Fsp3) is 0.385. The van der Waals surface area contributed by atoms with Crippen molar-refractivity contribution in [1.29, 1.82) is 0 Å². The molecule has 1 aromatic carbocycles. The molecule has 1 atom stereocenters. The topological polar surface area (TPSA) is 26.0 Å². The van der Waals surface area contributed by atoms with Crippen molar-refractivity contribution >= 4 is 5.57 Å². The largest absolute Gasteiger partial charge is 0.328 e. The maximum atomic E-state index is 5.83. The molecule has 1 aliphatic rings. The average Bonchev–Trinajstić information content (AvgIpc) is 2.49. The summed E-state index contributed by atoms with van der Waals surface area (Å²) in [6.45, 7) is 4.25. The van der Waals surface area contributed by atoms with Crippen LogP contribution in [-0.2, 0) is 6.42 Å². The molecule has 0 fully saturated rings. The van der Waals surface area contributed by atoms with Crippen LogP contribution < -0.4 is 5.73 Å². The molecule has 0 radical (unpaired) electrons. The molecule has 2 rings (SSSR count). The highest BCUT2D eigenvalue weighted by atomic mass is 14.6. The van der Waals surface area contributed by atoms with Gasteiger partial charge in [0.15, 0.2) is 0 Å². The van der Waals surface area contributed by atoms with Gasteiger partial charge in [-0.3, -0.25) is 0 Å². The van der Waals surface area contributed by atoms with Crippen molar-refractivity contribution < 1.29 is 0 Å². The molecule has 1 aliphatic carbocycles. The lowest BCUT2D eigenvalue weighted by molar-refractivity contribution is 0.768. The molecule has 1 aromatic rings. The molecule has 0 bridgehead atoms. The van der Waals surface area contributed by atoms with Crippen LogP contribution in [0.15, 0.2) is 24.3 Å². The van der Waals surface area contributed by atoms with Crippen LogP contribution in [0.2, 0.25) is 0 Å². The summed E-state index contributed by atoms with van der Waals surface area (Å²) in [5.74, 6) is 0. The highest BCUT2D eigenvalue weighted by Crippen LogP contribution is 2.31. The molecule has 0 heterocycles. The first-order valence-corrected chi connectivity index (χ1v) is 5.22. The monoisotopic (exact) mass is 187 g/mol. The molecule has 0 amide bonds. The van der Waals surface area contributed by atoms with Crippen molar-refractivity contribution in [2.45, 2.75) is 32.7 Å². The second-order valence-electron chi connectivity index (χ2n) is 4.22. The van der Waals surface area contributed by atoms with E-state index in [0.717, 1.165) is 12.8 Å². The third-order valence-electron chi connectivity index (χ3n) is 2.85. The van der Waals surface area contributed by atoms with Crippen molar-refractivity contribution in [2.75, 3.05) is 0 Å². The summed E-state index contributed by atoms with van der Waals surface area (Å²) in [5.41, 5.74) is 11.6. The molecule has 74 valence electrons. The molecule has 0 aliphatic heterocycles. The van der Waals surface area contributed by atoms with Crippen LogP contribution in [0.1, 0.15) is 30.0 Å². The SMILES string of the molecule is Cc1cccc2c1CC=C2CC(C)N. The minimum Gasteiger partial charge on any atom is -0.328 e. The smallest absolute Gasteiger partial charge is 0.00510 e. The van der Waals surface area contributed by atoms with Crippen LogP contribution in [0, 0.1) is 6.92 Å². The summed E-state index contributed by atoms with van der Waals surface area (Å²) in [5, 5.41) is 0. The first kappa shape index (κ1) is 9.47. The van der Waals surface area contributed by atoms with Crippen molar-refractivity contribution in [1.82, 2.24) is 0 Å². The van der Waals surface area contributed by atoms with Gasteiger partial charge in [-0.2, -0.15) is 0 Å². The first-order valence-electron chi connectivity index (χ1n) is 5.22. The zero-order valence-corrected chi connectivity index (χ0v) is 8.88. The maximum absolute atomic E-state index is 5.83. The fourth-order valence-electron chi connectivity index (χ4n) is 2.15. The average molecular weight is 187 g/mol. The Labute approximate surface area is 85.6 Å². The third kappa shape index (κ3) is 1.60. The lowest BCUT2D eigenvalue weighted by atomic mass is 9.98. The minimum atomic E-state index is 0.257. The Bertz CT molecular complexity index is 375. The molecular formula is C13H17N. The number of aryl methyl sites for hydroxylation is 1. The zero-order chi connectivity index (χ0) is 10.1. The molecule has 0 saturated heterocycles. The maximum Gasteiger partial charge on any atom is 0.00510 e. The summed E-state index contributed by atoms with van der Waals surface area (Å²) in [7, 11) is 0. The molecule has 1 nitrogen and oxygen atoms in total. The van der Waals surface area contributed by atoms with Gasteiger partial charge in [-0.05, 0) is 49.0 Å². The van der Waals surface area contributed by atoms with Gasteiger partial charge in [-0.25, -0.2) is 0 Å². The lowest BCUT2D eigenvalue weighted by Crippen LogP contribution is -2.14. The number of hydrogen-bond donors (Lipinski definition) is 1. The van der Waals surface area contributed by atoms with Gasteiger partial charge in [-0.1, -0.05) is 24.3 Å². The van der Waals surface area contributed by atoms with E-state index in [2.05, 4.69) is 38.1 Å². The van der Waals surface area contributed by atoms with E-state index in [0.29, 0.717) is 0 Å². The van der Waals surface area contributed by atoms with E-state index in [9.17, 15) is 0 Å². The quantitative estimate of drug-likeness (QED) is 0.757. The van der Waals surface area contributed by atoms with Crippen molar-refractivity contribution in [3.63, 3.8) is 0 Å². The zero-order valence-electron chi connectivity index (χ0n) is 8.88. The van der Waals surface area contributed by atoms with Crippen molar-refractivity contribution in [3.05, 3.63) is 41.0 Å². The summed E-state index contributed by atoms with van der Waals surface area (Å²) in [6.07, 6.45) is 4.40. The van der Waals surface area contributed by atoms with Crippen LogP contribution in [0.5, 0.6) is 0 Å². The summed E-state index contributed by atoms with van der Waals surface area (Å²) in [4.78, 5) is 0. The Morgan fingerprint density at radius 2 is 2.21 bits per heavy atom. The van der Waals surface area contributed by atoms with Crippen LogP contribution >= 0.6 is 0 Å². The van der Waals surface area contributed by atoms with Gasteiger partial charge in [0.1, 0.15) is 0 Å². The van der Waals surface area contributed by atoms with Crippen molar-refractivity contribution in [3.8, 4) is 0 Å². The Hall–Kier alpha value is -1.08.